The molecule has 0 aliphatic carbocycles. The number of aryl methyl sites for hydroxylation is 1. The van der Waals surface area contributed by atoms with Gasteiger partial charge in [0.1, 0.15) is 11.5 Å². The number of benzene rings is 1. The maximum atomic E-state index is 6.30. The van der Waals surface area contributed by atoms with Crippen LogP contribution in [0.25, 0.3) is 27.8 Å². The first-order valence-electron chi connectivity index (χ1n) is 7.64. The summed E-state index contributed by atoms with van der Waals surface area (Å²) in [7, 11) is 0. The van der Waals surface area contributed by atoms with Crippen molar-refractivity contribution in [3.8, 4) is 16.9 Å². The second-order valence-electron chi connectivity index (χ2n) is 5.66. The number of aromatic nitrogens is 5. The minimum Gasteiger partial charge on any atom is -0.383 e. The summed E-state index contributed by atoms with van der Waals surface area (Å²) in [5.74, 6) is 0.382. The molecular weight excluding hydrogens is 373 g/mol. The van der Waals surface area contributed by atoms with Crippen LogP contribution in [0.1, 0.15) is 5.69 Å². The maximum Gasteiger partial charge on any atom is 0.222 e. The summed E-state index contributed by atoms with van der Waals surface area (Å²) >= 11 is 12.6. The van der Waals surface area contributed by atoms with Gasteiger partial charge in [0.2, 0.25) is 5.95 Å². The fourth-order valence-corrected chi connectivity index (χ4v) is 3.45. The van der Waals surface area contributed by atoms with Crippen molar-refractivity contribution in [1.82, 2.24) is 24.7 Å². The molecule has 0 aliphatic heterocycles. The Balaban J connectivity index is 1.99. The number of nitrogens with two attached hydrogens (primary N) is 2. The van der Waals surface area contributed by atoms with Gasteiger partial charge < -0.3 is 11.5 Å². The van der Waals surface area contributed by atoms with E-state index in [9.17, 15) is 0 Å². The third-order valence-corrected chi connectivity index (χ3v) is 4.58. The largest absolute Gasteiger partial charge is 0.383 e. The van der Waals surface area contributed by atoms with Crippen molar-refractivity contribution in [2.75, 3.05) is 11.5 Å². The summed E-state index contributed by atoms with van der Waals surface area (Å²) in [6, 6.07) is 7.08. The lowest BCUT2D eigenvalue weighted by Crippen LogP contribution is -2.05. The number of pyridine rings is 1. The van der Waals surface area contributed by atoms with Gasteiger partial charge in [-0.1, -0.05) is 29.3 Å². The lowest BCUT2D eigenvalue weighted by Gasteiger charge is -2.08. The Labute approximate surface area is 158 Å². The lowest BCUT2D eigenvalue weighted by molar-refractivity contribution is 0.897. The molecule has 7 nitrogen and oxygen atoms in total. The third kappa shape index (κ3) is 2.61. The van der Waals surface area contributed by atoms with Gasteiger partial charge in [0.25, 0.3) is 0 Å². The summed E-state index contributed by atoms with van der Waals surface area (Å²) < 4.78 is 1.63. The average Bonchev–Trinajstić information content (AvgIpc) is 2.98. The molecule has 0 atom stereocenters. The molecule has 0 radical (unpaired) electrons. The van der Waals surface area contributed by atoms with E-state index in [1.165, 1.54) is 0 Å². The summed E-state index contributed by atoms with van der Waals surface area (Å²) in [5.41, 5.74) is 14.9. The van der Waals surface area contributed by atoms with Gasteiger partial charge in [-0.25, -0.2) is 9.67 Å². The van der Waals surface area contributed by atoms with Crippen molar-refractivity contribution in [2.45, 2.75) is 6.92 Å². The fraction of sp³-hybridized carbons (Fsp3) is 0.0588. The SMILES string of the molecule is Cc1nc(N)nc(N)c1-c1nccc2nn(-c3c(Cl)cccc3Cl)cc12. The van der Waals surface area contributed by atoms with Crippen LogP contribution in [0.2, 0.25) is 10.0 Å². The van der Waals surface area contributed by atoms with Crippen LogP contribution < -0.4 is 11.5 Å². The molecule has 0 saturated heterocycles. The molecule has 0 unspecified atom stereocenters. The Morgan fingerprint density at radius 1 is 1.04 bits per heavy atom. The quantitative estimate of drug-likeness (QED) is 0.544. The van der Waals surface area contributed by atoms with E-state index in [1.807, 2.05) is 0 Å². The predicted molar refractivity (Wildman–Crippen MR) is 103 cm³/mol. The Kier molecular flexibility index (Phi) is 3.90. The Bertz CT molecular complexity index is 1110. The average molecular weight is 386 g/mol. The first-order valence-corrected chi connectivity index (χ1v) is 8.40. The Morgan fingerprint density at radius 3 is 2.46 bits per heavy atom. The number of rotatable bonds is 2. The van der Waals surface area contributed by atoms with Crippen molar-refractivity contribution >= 4 is 45.9 Å². The van der Waals surface area contributed by atoms with Crippen LogP contribution in [0.4, 0.5) is 11.8 Å². The van der Waals surface area contributed by atoms with Gasteiger partial charge in [0.05, 0.1) is 32.5 Å². The molecule has 130 valence electrons. The molecular formula is C17H13Cl2N7. The van der Waals surface area contributed by atoms with Crippen LogP contribution in [0.3, 0.4) is 0 Å². The molecule has 0 fully saturated rings. The van der Waals surface area contributed by atoms with Gasteiger partial charge in [0.15, 0.2) is 0 Å². The van der Waals surface area contributed by atoms with E-state index in [1.54, 1.807) is 48.3 Å². The van der Waals surface area contributed by atoms with E-state index < -0.39 is 0 Å². The molecule has 9 heteroatoms. The highest BCUT2D eigenvalue weighted by atomic mass is 35.5. The molecule has 1 aromatic carbocycles. The van der Waals surface area contributed by atoms with Crippen molar-refractivity contribution in [3.05, 3.63) is 52.4 Å². The van der Waals surface area contributed by atoms with Gasteiger partial charge in [-0.15, -0.1) is 0 Å². The predicted octanol–water partition coefficient (Wildman–Crippen LogP) is 3.66. The van der Waals surface area contributed by atoms with Crippen LogP contribution in [-0.2, 0) is 0 Å². The fourth-order valence-electron chi connectivity index (χ4n) is 2.88. The molecule has 4 aromatic rings. The van der Waals surface area contributed by atoms with Crippen molar-refractivity contribution in [1.29, 1.82) is 0 Å². The first kappa shape index (κ1) is 16.6. The molecule has 26 heavy (non-hydrogen) atoms. The molecule has 3 aromatic heterocycles. The van der Waals surface area contributed by atoms with Gasteiger partial charge in [-0.2, -0.15) is 10.1 Å². The highest BCUT2D eigenvalue weighted by Gasteiger charge is 2.18. The maximum absolute atomic E-state index is 6.30. The monoisotopic (exact) mass is 385 g/mol. The highest BCUT2D eigenvalue weighted by molar-refractivity contribution is 6.37. The van der Waals surface area contributed by atoms with Crippen molar-refractivity contribution in [3.63, 3.8) is 0 Å². The third-order valence-electron chi connectivity index (χ3n) is 3.97. The van der Waals surface area contributed by atoms with Crippen molar-refractivity contribution < 1.29 is 0 Å². The normalized spacial score (nSPS) is 11.2. The van der Waals surface area contributed by atoms with Crippen LogP contribution in [0, 0.1) is 6.92 Å². The molecule has 4 N–H and O–H groups in total. The van der Waals surface area contributed by atoms with Gasteiger partial charge >= 0.3 is 0 Å². The van der Waals surface area contributed by atoms with Gasteiger partial charge in [-0.3, -0.25) is 4.98 Å². The van der Waals surface area contributed by atoms with Crippen LogP contribution in [0.15, 0.2) is 36.7 Å². The Hall–Kier alpha value is -2.90. The second-order valence-corrected chi connectivity index (χ2v) is 6.48. The molecule has 0 aliphatic rings. The summed E-state index contributed by atoms with van der Waals surface area (Å²) in [5, 5.41) is 6.32. The molecule has 0 saturated carbocycles. The van der Waals surface area contributed by atoms with E-state index in [4.69, 9.17) is 34.7 Å². The summed E-state index contributed by atoms with van der Waals surface area (Å²) in [4.78, 5) is 12.7. The van der Waals surface area contributed by atoms with Crippen molar-refractivity contribution in [2.24, 2.45) is 0 Å². The minimum atomic E-state index is 0.120. The van der Waals surface area contributed by atoms with E-state index in [-0.39, 0.29) is 11.8 Å². The summed E-state index contributed by atoms with van der Waals surface area (Å²) in [6.45, 7) is 1.81. The van der Waals surface area contributed by atoms with E-state index in [0.29, 0.717) is 38.2 Å². The number of nitrogens with zero attached hydrogens (tertiary/aromatic N) is 5. The van der Waals surface area contributed by atoms with E-state index in [2.05, 4.69) is 20.1 Å². The zero-order valence-corrected chi connectivity index (χ0v) is 15.1. The molecule has 0 bridgehead atoms. The zero-order chi connectivity index (χ0) is 18.4. The van der Waals surface area contributed by atoms with Crippen LogP contribution in [0.5, 0.6) is 0 Å². The summed E-state index contributed by atoms with van der Waals surface area (Å²) in [6.07, 6.45) is 3.46. The van der Waals surface area contributed by atoms with Crippen LogP contribution in [-0.4, -0.2) is 24.7 Å². The van der Waals surface area contributed by atoms with Crippen LogP contribution >= 0.6 is 23.2 Å². The molecule has 3 heterocycles. The first-order chi connectivity index (χ1) is 12.5. The minimum absolute atomic E-state index is 0.120. The van der Waals surface area contributed by atoms with Gasteiger partial charge in [-0.05, 0) is 25.1 Å². The molecule has 0 amide bonds. The zero-order valence-electron chi connectivity index (χ0n) is 13.6. The molecule has 4 rings (SSSR count). The number of para-hydroxylation sites is 1. The molecule has 0 spiro atoms. The number of nitrogen functional groups attached to an aromatic ring is 2. The standard InChI is InChI=1S/C17H13Cl2N7/c1-8-13(16(20)24-17(21)23-8)14-9-7-26(25-12(9)5-6-22-14)15-10(18)3-2-4-11(15)19/h2-7H,1H3,(H4,20,21,23,24). The topological polar surface area (TPSA) is 109 Å². The second kappa shape index (κ2) is 6.12. The Morgan fingerprint density at radius 2 is 1.77 bits per heavy atom. The van der Waals surface area contributed by atoms with Gasteiger partial charge in [0, 0.05) is 17.8 Å². The smallest absolute Gasteiger partial charge is 0.222 e. The number of fused-ring (bicyclic) bond motifs is 1. The lowest BCUT2D eigenvalue weighted by atomic mass is 10.1. The van der Waals surface area contributed by atoms with E-state index in [0.717, 1.165) is 5.39 Å². The van der Waals surface area contributed by atoms with E-state index >= 15 is 0 Å². The number of anilines is 2. The highest BCUT2D eigenvalue weighted by Crippen LogP contribution is 2.34. The number of halogens is 2. The number of hydrogen-bond acceptors (Lipinski definition) is 6. The number of hydrogen-bond donors (Lipinski definition) is 2.